The summed E-state index contributed by atoms with van der Waals surface area (Å²) in [4.78, 5) is 30.0. The van der Waals surface area contributed by atoms with Crippen molar-refractivity contribution >= 4 is 24.1 Å². The van der Waals surface area contributed by atoms with Crippen molar-refractivity contribution in [1.29, 1.82) is 0 Å². The number of rotatable bonds is 15. The zero-order chi connectivity index (χ0) is 21.3. The van der Waals surface area contributed by atoms with Crippen LogP contribution in [0.2, 0.25) is 0 Å². The summed E-state index contributed by atoms with van der Waals surface area (Å²) in [5.41, 5.74) is 0. The summed E-state index contributed by atoms with van der Waals surface area (Å²) in [5, 5.41) is 0. The van der Waals surface area contributed by atoms with Crippen molar-refractivity contribution < 1.29 is 45.2 Å². The molecule has 28 heavy (non-hydrogen) atoms. The van der Waals surface area contributed by atoms with E-state index in [0.29, 0.717) is 18.5 Å². The van der Waals surface area contributed by atoms with Crippen LogP contribution >= 0.6 is 24.1 Å². The Labute approximate surface area is 185 Å². The van der Waals surface area contributed by atoms with Crippen LogP contribution in [-0.4, -0.2) is 18.5 Å². The summed E-state index contributed by atoms with van der Waals surface area (Å²) in [5.74, 6) is 0. The zero-order valence-corrected chi connectivity index (χ0v) is 21.5. The van der Waals surface area contributed by atoms with E-state index >= 15 is 0 Å². The van der Waals surface area contributed by atoms with Crippen LogP contribution in [0.5, 0.6) is 0 Å². The van der Waals surface area contributed by atoms with Gasteiger partial charge in [0, 0.05) is 0 Å². The molecular weight excluding hydrogens is 464 g/mol. The molecule has 0 amide bonds. The molecule has 0 spiro atoms. The quantitative estimate of drug-likeness (QED) is 0.229. The van der Waals surface area contributed by atoms with E-state index in [1.54, 1.807) is 0 Å². The van der Waals surface area contributed by atoms with Gasteiger partial charge < -0.3 is 14.7 Å². The van der Waals surface area contributed by atoms with Gasteiger partial charge >= 0.3 is 40.9 Å². The molecule has 6 nitrogen and oxygen atoms in total. The maximum absolute atomic E-state index is 10.00. The topological polar surface area (TPSA) is 120 Å². The Morgan fingerprint density at radius 1 is 0.464 bits per heavy atom. The largest absolute Gasteiger partial charge is 3.00 e. The van der Waals surface area contributed by atoms with E-state index in [2.05, 4.69) is 20.8 Å². The molecule has 0 aliphatic carbocycles. The predicted molar refractivity (Wildman–Crippen MR) is 110 cm³/mol. The van der Waals surface area contributed by atoms with Gasteiger partial charge in [0.2, 0.25) is 0 Å². The van der Waals surface area contributed by atoms with Crippen LogP contribution in [-0.2, 0) is 30.5 Å². The minimum Gasteiger partial charge on any atom is -0.596 e. The standard InChI is InChI=1S/3C6H13O2P.Co/c3*1-2-3-4-5-6-9(7)8;/h3*2-6H2,1H3;/q;;;+3. The van der Waals surface area contributed by atoms with E-state index in [-0.39, 0.29) is 16.8 Å². The average Bonchev–Trinajstić information content (AvgIpc) is 2.60. The second-order valence-electron chi connectivity index (χ2n) is 6.35. The van der Waals surface area contributed by atoms with Gasteiger partial charge in [0.15, 0.2) is 0 Å². The van der Waals surface area contributed by atoms with Crippen LogP contribution in [0.4, 0.5) is 0 Å². The van der Waals surface area contributed by atoms with Crippen LogP contribution < -0.4 is 14.7 Å². The van der Waals surface area contributed by atoms with E-state index in [1.165, 1.54) is 0 Å². The summed E-state index contributed by atoms with van der Waals surface area (Å²) in [6, 6.07) is 0. The molecule has 0 fully saturated rings. The van der Waals surface area contributed by atoms with Gasteiger partial charge in [-0.1, -0.05) is 73.0 Å². The van der Waals surface area contributed by atoms with Crippen molar-refractivity contribution in [1.82, 2.24) is 0 Å². The van der Waals surface area contributed by atoms with E-state index in [9.17, 15) is 28.4 Å². The Morgan fingerprint density at radius 3 is 0.821 bits per heavy atom. The van der Waals surface area contributed by atoms with Gasteiger partial charge in [0.05, 0.1) is 0 Å². The Morgan fingerprint density at radius 2 is 0.679 bits per heavy atom. The van der Waals surface area contributed by atoms with Gasteiger partial charge in [-0.05, 0) is 38.5 Å². The van der Waals surface area contributed by atoms with E-state index < -0.39 is 24.1 Å². The maximum Gasteiger partial charge on any atom is 3.00 e. The first kappa shape index (κ1) is 36.1. The molecule has 0 saturated carbocycles. The van der Waals surface area contributed by atoms with Crippen LogP contribution in [0.15, 0.2) is 0 Å². The summed E-state index contributed by atoms with van der Waals surface area (Å²) in [7, 11) is -6.35. The van der Waals surface area contributed by atoms with Crippen molar-refractivity contribution in [3.05, 3.63) is 0 Å². The van der Waals surface area contributed by atoms with Crippen molar-refractivity contribution in [2.45, 2.75) is 97.8 Å². The molecule has 0 aliphatic heterocycles. The molecular formula is C18H39CoO6P3+3. The van der Waals surface area contributed by atoms with E-state index in [1.807, 2.05) is 0 Å². The van der Waals surface area contributed by atoms with Gasteiger partial charge in [0.25, 0.3) is 0 Å². The molecule has 0 radical (unpaired) electrons. The second kappa shape index (κ2) is 32.4. The Balaban J connectivity index is -0.000000152. The van der Waals surface area contributed by atoms with Crippen LogP contribution in [0, 0.1) is 0 Å². The number of hydrogen-bond donors (Lipinski definition) is 0. The summed E-state index contributed by atoms with van der Waals surface area (Å²) in [6.45, 7) is 6.33. The van der Waals surface area contributed by atoms with E-state index in [4.69, 9.17) is 0 Å². The van der Waals surface area contributed by atoms with Gasteiger partial charge in [-0.2, -0.15) is 0 Å². The first-order valence-corrected chi connectivity index (χ1v) is 14.3. The number of hydrogen-bond acceptors (Lipinski definition) is 6. The third-order valence-electron chi connectivity index (χ3n) is 3.58. The van der Waals surface area contributed by atoms with Crippen LogP contribution in [0.1, 0.15) is 97.8 Å². The van der Waals surface area contributed by atoms with Crippen molar-refractivity contribution in [2.75, 3.05) is 18.5 Å². The van der Waals surface area contributed by atoms with Crippen molar-refractivity contribution in [3.63, 3.8) is 0 Å². The van der Waals surface area contributed by atoms with Gasteiger partial charge in [-0.15, -0.1) is 0 Å². The molecule has 0 N–H and O–H groups in total. The van der Waals surface area contributed by atoms with Gasteiger partial charge in [0.1, 0.15) is 18.5 Å². The minimum atomic E-state index is -2.12. The van der Waals surface area contributed by atoms with Crippen molar-refractivity contribution in [3.8, 4) is 0 Å². The monoisotopic (exact) mass is 503 g/mol. The normalized spacial score (nSPS) is 11.1. The SMILES string of the molecule is CCCCCC[P+](=O)[O-].CCCCCC[P+](=O)[O-].CCCCCC[P+](=O)[O-].[Co+3]. The summed E-state index contributed by atoms with van der Waals surface area (Å²) in [6.07, 6.45) is 13.8. The predicted octanol–water partition coefficient (Wildman–Crippen LogP) is 5.01. The Bertz CT molecular complexity index is 308. The maximum atomic E-state index is 10.00. The Kier molecular flexibility index (Phi) is 41.7. The molecule has 0 bridgehead atoms. The molecule has 0 aromatic carbocycles. The fourth-order valence-electron chi connectivity index (χ4n) is 2.00. The third kappa shape index (κ3) is 50.4. The summed E-state index contributed by atoms with van der Waals surface area (Å²) < 4.78 is 30.0. The molecule has 0 saturated heterocycles. The molecule has 10 heteroatoms. The molecule has 0 heterocycles. The molecule has 0 rings (SSSR count). The van der Waals surface area contributed by atoms with Gasteiger partial charge in [-0.25, -0.2) is 0 Å². The van der Waals surface area contributed by atoms with E-state index in [0.717, 1.165) is 77.0 Å². The fourth-order valence-corrected chi connectivity index (χ4v) is 3.45. The molecule has 0 aromatic heterocycles. The summed E-state index contributed by atoms with van der Waals surface area (Å²) >= 11 is 0. The molecule has 0 aliphatic rings. The third-order valence-corrected chi connectivity index (χ3v) is 5.63. The molecule has 0 aromatic rings. The number of unbranched alkanes of at least 4 members (excludes halogenated alkanes) is 9. The Hall–Kier alpha value is 0.686. The fraction of sp³-hybridized carbons (Fsp3) is 1.00. The van der Waals surface area contributed by atoms with Crippen molar-refractivity contribution in [2.24, 2.45) is 0 Å². The minimum absolute atomic E-state index is 0. The molecule has 3 unspecified atom stereocenters. The average molecular weight is 503 g/mol. The second-order valence-corrected chi connectivity index (χ2v) is 9.69. The van der Waals surface area contributed by atoms with Gasteiger partial charge in [-0.3, -0.25) is 0 Å². The van der Waals surface area contributed by atoms with Crippen LogP contribution in [0.3, 0.4) is 0 Å². The first-order chi connectivity index (χ1) is 12.8. The molecule has 3 atom stereocenters. The first-order valence-electron chi connectivity index (χ1n) is 10.2. The van der Waals surface area contributed by atoms with Crippen LogP contribution in [0.25, 0.3) is 0 Å². The molecule has 168 valence electrons. The smallest absolute Gasteiger partial charge is 0.596 e. The zero-order valence-electron chi connectivity index (χ0n) is 17.7.